The molecule has 1 N–H and O–H groups in total. The molecule has 2 heterocycles. The molecule has 0 spiro atoms. The fraction of sp³-hybridized carbons (Fsp3) is 0.667. The Hall–Kier alpha value is -2.06. The van der Waals surface area contributed by atoms with E-state index in [0.29, 0.717) is 19.5 Å². The minimum absolute atomic E-state index is 0.0352. The first-order valence-electron chi connectivity index (χ1n) is 7.76. The molecule has 0 aromatic carbocycles. The molecule has 1 amide bonds. The first-order chi connectivity index (χ1) is 11.2. The predicted molar refractivity (Wildman–Crippen MR) is 78.1 cm³/mol. The summed E-state index contributed by atoms with van der Waals surface area (Å²) in [4.78, 5) is 24.5. The summed E-state index contributed by atoms with van der Waals surface area (Å²) in [5.74, 6) is -1.19. The SMILES string of the molecule is Cn1cc(CC(=O)N2CCCC(CCC(=O)O)C2)c(C(F)(F)F)n1. The molecule has 1 saturated heterocycles. The summed E-state index contributed by atoms with van der Waals surface area (Å²) in [6.07, 6.45) is -1.66. The van der Waals surface area contributed by atoms with Gasteiger partial charge < -0.3 is 10.0 Å². The molecule has 1 atom stereocenters. The number of hydrogen-bond donors (Lipinski definition) is 1. The number of amides is 1. The van der Waals surface area contributed by atoms with E-state index < -0.39 is 17.8 Å². The van der Waals surface area contributed by atoms with Crippen molar-refractivity contribution in [1.82, 2.24) is 14.7 Å². The topological polar surface area (TPSA) is 75.4 Å². The smallest absolute Gasteiger partial charge is 0.435 e. The molecule has 6 nitrogen and oxygen atoms in total. The molecule has 0 bridgehead atoms. The maximum atomic E-state index is 12.9. The Morgan fingerprint density at radius 1 is 1.42 bits per heavy atom. The van der Waals surface area contributed by atoms with Gasteiger partial charge in [0.25, 0.3) is 0 Å². The molecule has 0 radical (unpaired) electrons. The summed E-state index contributed by atoms with van der Waals surface area (Å²) < 4.78 is 39.9. The summed E-state index contributed by atoms with van der Waals surface area (Å²) >= 11 is 0. The second-order valence-corrected chi connectivity index (χ2v) is 6.13. The van der Waals surface area contributed by atoms with E-state index in [1.807, 2.05) is 0 Å². The largest absolute Gasteiger partial charge is 0.481 e. The molecule has 1 aliphatic rings. The maximum Gasteiger partial charge on any atom is 0.435 e. The number of carbonyl (C=O) groups excluding carboxylic acids is 1. The molecule has 2 rings (SSSR count). The molecular weight excluding hydrogens is 327 g/mol. The lowest BCUT2D eigenvalue weighted by Gasteiger charge is -2.32. The average molecular weight is 347 g/mol. The molecule has 9 heteroatoms. The van der Waals surface area contributed by atoms with E-state index in [1.165, 1.54) is 18.1 Å². The average Bonchev–Trinajstić information content (AvgIpc) is 2.86. The minimum Gasteiger partial charge on any atom is -0.481 e. The van der Waals surface area contributed by atoms with E-state index in [9.17, 15) is 22.8 Å². The van der Waals surface area contributed by atoms with Gasteiger partial charge in [-0.3, -0.25) is 14.3 Å². The molecule has 0 aliphatic carbocycles. The Bertz CT molecular complexity index is 613. The quantitative estimate of drug-likeness (QED) is 0.885. The summed E-state index contributed by atoms with van der Waals surface area (Å²) in [6.45, 7) is 0.887. The second kappa shape index (κ2) is 7.23. The van der Waals surface area contributed by atoms with Crippen molar-refractivity contribution in [3.63, 3.8) is 0 Å². The van der Waals surface area contributed by atoms with Crippen LogP contribution in [-0.2, 0) is 29.2 Å². The lowest BCUT2D eigenvalue weighted by atomic mass is 9.93. The molecular formula is C15H20F3N3O3. The maximum absolute atomic E-state index is 12.9. The number of aliphatic carboxylic acids is 1. The van der Waals surface area contributed by atoms with E-state index in [0.717, 1.165) is 17.5 Å². The van der Waals surface area contributed by atoms with Crippen molar-refractivity contribution in [3.8, 4) is 0 Å². The van der Waals surface area contributed by atoms with Crippen LogP contribution in [0.15, 0.2) is 6.20 Å². The number of hydrogen-bond acceptors (Lipinski definition) is 3. The summed E-state index contributed by atoms with van der Waals surface area (Å²) in [7, 11) is 1.38. The van der Waals surface area contributed by atoms with Crippen molar-refractivity contribution in [2.45, 2.75) is 38.3 Å². The minimum atomic E-state index is -4.59. The van der Waals surface area contributed by atoms with Gasteiger partial charge in [-0.05, 0) is 25.2 Å². The van der Waals surface area contributed by atoms with Crippen LogP contribution in [0, 0.1) is 5.92 Å². The van der Waals surface area contributed by atoms with Crippen molar-refractivity contribution in [1.29, 1.82) is 0 Å². The number of piperidine rings is 1. The Balaban J connectivity index is 2.01. The molecule has 24 heavy (non-hydrogen) atoms. The Kier molecular flexibility index (Phi) is 5.51. The number of aromatic nitrogens is 2. The summed E-state index contributed by atoms with van der Waals surface area (Å²) in [5.41, 5.74) is -1.17. The van der Waals surface area contributed by atoms with Gasteiger partial charge in [-0.15, -0.1) is 0 Å². The van der Waals surface area contributed by atoms with E-state index in [1.54, 1.807) is 0 Å². The van der Waals surface area contributed by atoms with Crippen LogP contribution < -0.4 is 0 Å². The number of carboxylic acid groups (broad SMARTS) is 1. The lowest BCUT2D eigenvalue weighted by molar-refractivity contribution is -0.142. The number of alkyl halides is 3. The monoisotopic (exact) mass is 347 g/mol. The van der Waals surface area contributed by atoms with E-state index in [-0.39, 0.29) is 30.2 Å². The summed E-state index contributed by atoms with van der Waals surface area (Å²) in [6, 6.07) is 0. The van der Waals surface area contributed by atoms with Crippen LogP contribution in [0.1, 0.15) is 36.9 Å². The van der Waals surface area contributed by atoms with Crippen LogP contribution in [0.3, 0.4) is 0 Å². The van der Waals surface area contributed by atoms with Crippen LogP contribution in [0.25, 0.3) is 0 Å². The Labute approximate surface area is 137 Å². The third kappa shape index (κ3) is 4.72. The van der Waals surface area contributed by atoms with Gasteiger partial charge in [0.15, 0.2) is 5.69 Å². The van der Waals surface area contributed by atoms with Gasteiger partial charge in [0, 0.05) is 38.3 Å². The van der Waals surface area contributed by atoms with Gasteiger partial charge in [0.1, 0.15) is 0 Å². The van der Waals surface area contributed by atoms with Gasteiger partial charge in [-0.25, -0.2) is 0 Å². The highest BCUT2D eigenvalue weighted by Gasteiger charge is 2.37. The molecule has 1 aromatic heterocycles. The fourth-order valence-electron chi connectivity index (χ4n) is 3.04. The number of halogens is 3. The summed E-state index contributed by atoms with van der Waals surface area (Å²) in [5, 5.41) is 12.1. The zero-order valence-corrected chi connectivity index (χ0v) is 13.3. The van der Waals surface area contributed by atoms with Crippen molar-refractivity contribution in [2.75, 3.05) is 13.1 Å². The van der Waals surface area contributed by atoms with E-state index in [2.05, 4.69) is 5.10 Å². The fourth-order valence-corrected chi connectivity index (χ4v) is 3.04. The van der Waals surface area contributed by atoms with Crippen molar-refractivity contribution >= 4 is 11.9 Å². The normalized spacial score (nSPS) is 18.7. The molecule has 1 fully saturated rings. The standard InChI is InChI=1S/C15H20F3N3O3/c1-20-9-11(14(19-20)15(16,17)18)7-12(22)21-6-2-3-10(8-21)4-5-13(23)24/h9-10H,2-8H2,1H3,(H,23,24). The van der Waals surface area contributed by atoms with Crippen LogP contribution in [0.4, 0.5) is 13.2 Å². The van der Waals surface area contributed by atoms with Crippen molar-refractivity contribution < 1.29 is 27.9 Å². The number of likely N-dealkylation sites (tertiary alicyclic amines) is 1. The third-order valence-electron chi connectivity index (χ3n) is 4.15. The zero-order valence-electron chi connectivity index (χ0n) is 13.3. The van der Waals surface area contributed by atoms with Crippen molar-refractivity contribution in [2.24, 2.45) is 13.0 Å². The van der Waals surface area contributed by atoms with Crippen LogP contribution in [0.2, 0.25) is 0 Å². The van der Waals surface area contributed by atoms with E-state index in [4.69, 9.17) is 5.11 Å². The molecule has 1 aliphatic heterocycles. The molecule has 1 aromatic rings. The molecule has 1 unspecified atom stereocenters. The van der Waals surface area contributed by atoms with E-state index >= 15 is 0 Å². The number of nitrogens with zero attached hydrogens (tertiary/aromatic N) is 3. The van der Waals surface area contributed by atoms with Crippen LogP contribution >= 0.6 is 0 Å². The number of aryl methyl sites for hydroxylation is 1. The van der Waals surface area contributed by atoms with Crippen LogP contribution in [-0.4, -0.2) is 44.8 Å². The second-order valence-electron chi connectivity index (χ2n) is 6.13. The van der Waals surface area contributed by atoms with Crippen molar-refractivity contribution in [3.05, 3.63) is 17.5 Å². The van der Waals surface area contributed by atoms with Gasteiger partial charge in [0.05, 0.1) is 6.42 Å². The molecule has 134 valence electrons. The highest BCUT2D eigenvalue weighted by molar-refractivity contribution is 5.79. The highest BCUT2D eigenvalue weighted by Crippen LogP contribution is 2.31. The lowest BCUT2D eigenvalue weighted by Crippen LogP contribution is -2.41. The molecule has 0 saturated carbocycles. The first-order valence-corrected chi connectivity index (χ1v) is 7.76. The third-order valence-corrected chi connectivity index (χ3v) is 4.15. The van der Waals surface area contributed by atoms with Gasteiger partial charge in [0.2, 0.25) is 5.91 Å². The number of carboxylic acids is 1. The first kappa shape index (κ1) is 18.3. The Morgan fingerprint density at radius 2 is 2.12 bits per heavy atom. The number of rotatable bonds is 5. The predicted octanol–water partition coefficient (Wildman–Crippen LogP) is 2.08. The van der Waals surface area contributed by atoms with Gasteiger partial charge in [-0.1, -0.05) is 0 Å². The van der Waals surface area contributed by atoms with Gasteiger partial charge >= 0.3 is 12.1 Å². The zero-order chi connectivity index (χ0) is 17.9. The number of carbonyl (C=O) groups is 2. The van der Waals surface area contributed by atoms with Crippen LogP contribution in [0.5, 0.6) is 0 Å². The highest BCUT2D eigenvalue weighted by atomic mass is 19.4. The van der Waals surface area contributed by atoms with Gasteiger partial charge in [-0.2, -0.15) is 18.3 Å². The Morgan fingerprint density at radius 3 is 2.75 bits per heavy atom.